The minimum absolute atomic E-state index is 0.0671. The number of fused-ring (bicyclic) bond motifs is 2. The van der Waals surface area contributed by atoms with Crippen molar-refractivity contribution in [1.82, 2.24) is 19.9 Å². The Labute approximate surface area is 218 Å². The molecular formula is C31H34N4O2. The number of benzene rings is 3. The van der Waals surface area contributed by atoms with Gasteiger partial charge in [-0.1, -0.05) is 35.5 Å². The van der Waals surface area contributed by atoms with Gasteiger partial charge >= 0.3 is 0 Å². The maximum absolute atomic E-state index is 13.3. The van der Waals surface area contributed by atoms with Gasteiger partial charge in [0.15, 0.2) is 0 Å². The predicted octanol–water partition coefficient (Wildman–Crippen LogP) is 5.69. The van der Waals surface area contributed by atoms with Gasteiger partial charge in [0.2, 0.25) is 0 Å². The van der Waals surface area contributed by atoms with E-state index in [1.807, 2.05) is 34.7 Å². The molecule has 2 heterocycles. The standard InChI is InChI=1S/C31H34N4O2/c1-5-35-29-13-12-27(22(4)30(29)32-33-35)28(7-6-16-36)24-11-10-23-14-15-34(19-26(23)18-24)31(37)25-9-8-20(2)21(3)17-25/h8-13,16-18,28H,5-7,14-15,19H2,1-4H3/t28-/m0/s1. The summed E-state index contributed by atoms with van der Waals surface area (Å²) in [4.78, 5) is 26.7. The van der Waals surface area contributed by atoms with E-state index in [-0.39, 0.29) is 11.8 Å². The van der Waals surface area contributed by atoms with E-state index in [0.29, 0.717) is 13.0 Å². The van der Waals surface area contributed by atoms with Gasteiger partial charge in [-0.2, -0.15) is 0 Å². The van der Waals surface area contributed by atoms with Crippen LogP contribution < -0.4 is 0 Å². The quantitative estimate of drug-likeness (QED) is 0.310. The van der Waals surface area contributed by atoms with Gasteiger partial charge in [-0.25, -0.2) is 4.68 Å². The second-order valence-electron chi connectivity index (χ2n) is 10.2. The van der Waals surface area contributed by atoms with Gasteiger partial charge in [-0.05, 0) is 97.7 Å². The normalized spacial score (nSPS) is 14.0. The molecule has 1 aliphatic heterocycles. The molecule has 0 N–H and O–H groups in total. The summed E-state index contributed by atoms with van der Waals surface area (Å²) in [6.07, 6.45) is 3.05. The van der Waals surface area contributed by atoms with Crippen LogP contribution in [-0.4, -0.2) is 38.6 Å². The number of carbonyl (C=O) groups excluding carboxylic acids is 2. The third kappa shape index (κ3) is 4.68. The Morgan fingerprint density at radius 2 is 1.86 bits per heavy atom. The highest BCUT2D eigenvalue weighted by Gasteiger charge is 2.25. The first-order valence-electron chi connectivity index (χ1n) is 13.2. The monoisotopic (exact) mass is 494 g/mol. The van der Waals surface area contributed by atoms with Crippen LogP contribution in [0.25, 0.3) is 11.0 Å². The van der Waals surface area contributed by atoms with Crippen molar-refractivity contribution in [2.45, 2.75) is 66.0 Å². The zero-order chi connectivity index (χ0) is 26.1. The van der Waals surface area contributed by atoms with Crippen molar-refractivity contribution in [1.29, 1.82) is 0 Å². The molecule has 1 amide bonds. The van der Waals surface area contributed by atoms with E-state index >= 15 is 0 Å². The lowest BCUT2D eigenvalue weighted by Gasteiger charge is -2.30. The van der Waals surface area contributed by atoms with Crippen LogP contribution in [0.15, 0.2) is 48.5 Å². The molecule has 0 fully saturated rings. The molecule has 190 valence electrons. The number of hydrogen-bond acceptors (Lipinski definition) is 4. The lowest BCUT2D eigenvalue weighted by molar-refractivity contribution is -0.107. The molecule has 6 nitrogen and oxygen atoms in total. The Bertz CT molecular complexity index is 1490. The van der Waals surface area contributed by atoms with E-state index in [9.17, 15) is 9.59 Å². The van der Waals surface area contributed by atoms with Gasteiger partial charge in [0.25, 0.3) is 5.91 Å². The molecular weight excluding hydrogens is 460 g/mol. The first-order valence-corrected chi connectivity index (χ1v) is 13.2. The molecule has 0 saturated carbocycles. The zero-order valence-electron chi connectivity index (χ0n) is 22.1. The van der Waals surface area contributed by atoms with Crippen LogP contribution in [0.1, 0.15) is 75.0 Å². The minimum Gasteiger partial charge on any atom is -0.334 e. The van der Waals surface area contributed by atoms with Crippen LogP contribution in [0.2, 0.25) is 0 Å². The van der Waals surface area contributed by atoms with Crippen molar-refractivity contribution in [3.63, 3.8) is 0 Å². The fourth-order valence-electron chi connectivity index (χ4n) is 5.55. The first kappa shape index (κ1) is 24.9. The Kier molecular flexibility index (Phi) is 6.92. The van der Waals surface area contributed by atoms with E-state index in [1.165, 1.54) is 27.8 Å². The van der Waals surface area contributed by atoms with Gasteiger partial charge in [-0.3, -0.25) is 4.79 Å². The topological polar surface area (TPSA) is 68.1 Å². The second kappa shape index (κ2) is 10.3. The summed E-state index contributed by atoms with van der Waals surface area (Å²) >= 11 is 0. The molecule has 3 aromatic carbocycles. The maximum Gasteiger partial charge on any atom is 0.254 e. The summed E-state index contributed by atoms with van der Waals surface area (Å²) in [5.74, 6) is 0.148. The first-order chi connectivity index (χ1) is 17.9. The molecule has 0 aliphatic carbocycles. The van der Waals surface area contributed by atoms with Gasteiger partial charge in [0.1, 0.15) is 11.8 Å². The van der Waals surface area contributed by atoms with E-state index in [4.69, 9.17) is 0 Å². The molecule has 0 spiro atoms. The summed E-state index contributed by atoms with van der Waals surface area (Å²) in [6, 6.07) is 16.9. The van der Waals surface area contributed by atoms with Crippen LogP contribution in [0.3, 0.4) is 0 Å². The van der Waals surface area contributed by atoms with Gasteiger partial charge in [0.05, 0.1) is 5.52 Å². The van der Waals surface area contributed by atoms with Crippen molar-refractivity contribution in [2.24, 2.45) is 0 Å². The molecule has 1 aliphatic rings. The van der Waals surface area contributed by atoms with Crippen LogP contribution >= 0.6 is 0 Å². The van der Waals surface area contributed by atoms with E-state index in [1.54, 1.807) is 0 Å². The number of aldehydes is 1. The largest absolute Gasteiger partial charge is 0.334 e. The molecule has 0 saturated heterocycles. The molecule has 4 aromatic rings. The lowest BCUT2D eigenvalue weighted by Crippen LogP contribution is -2.36. The Morgan fingerprint density at radius 3 is 2.62 bits per heavy atom. The smallest absolute Gasteiger partial charge is 0.254 e. The number of aryl methyl sites for hydroxylation is 4. The fraction of sp³-hybridized carbons (Fsp3) is 0.355. The number of rotatable bonds is 7. The highest BCUT2D eigenvalue weighted by atomic mass is 16.2. The van der Waals surface area contributed by atoms with Crippen LogP contribution in [0.5, 0.6) is 0 Å². The number of amides is 1. The number of hydrogen-bond donors (Lipinski definition) is 0. The van der Waals surface area contributed by atoms with Crippen molar-refractivity contribution in [3.05, 3.63) is 93.0 Å². The van der Waals surface area contributed by atoms with Crippen LogP contribution in [0, 0.1) is 20.8 Å². The SMILES string of the molecule is CCn1nnc2c(C)c([C@@H](CCC=O)c3ccc4c(c3)CN(C(=O)c3ccc(C)c(C)c3)CC4)ccc21. The number of nitrogens with zero attached hydrogens (tertiary/aromatic N) is 4. The van der Waals surface area contributed by atoms with Gasteiger partial charge in [0, 0.05) is 37.5 Å². The third-order valence-electron chi connectivity index (χ3n) is 7.92. The lowest BCUT2D eigenvalue weighted by atomic mass is 9.83. The summed E-state index contributed by atoms with van der Waals surface area (Å²) < 4.78 is 1.91. The van der Waals surface area contributed by atoms with Crippen molar-refractivity contribution < 1.29 is 9.59 Å². The Morgan fingerprint density at radius 1 is 1.03 bits per heavy atom. The number of carbonyl (C=O) groups is 2. The zero-order valence-corrected chi connectivity index (χ0v) is 22.1. The van der Waals surface area contributed by atoms with Crippen LogP contribution in [-0.2, 0) is 24.3 Å². The van der Waals surface area contributed by atoms with E-state index in [2.05, 4.69) is 61.4 Å². The minimum atomic E-state index is 0.0671. The Balaban J connectivity index is 1.47. The molecule has 0 radical (unpaired) electrons. The third-order valence-corrected chi connectivity index (χ3v) is 7.92. The molecule has 37 heavy (non-hydrogen) atoms. The van der Waals surface area contributed by atoms with Crippen molar-refractivity contribution >= 4 is 23.2 Å². The Hall–Kier alpha value is -3.80. The summed E-state index contributed by atoms with van der Waals surface area (Å²) in [5, 5.41) is 8.75. The molecule has 0 bridgehead atoms. The maximum atomic E-state index is 13.3. The molecule has 1 atom stereocenters. The van der Waals surface area contributed by atoms with Crippen LogP contribution in [0.4, 0.5) is 0 Å². The predicted molar refractivity (Wildman–Crippen MR) is 146 cm³/mol. The molecule has 1 aromatic heterocycles. The fourth-order valence-corrected chi connectivity index (χ4v) is 5.55. The van der Waals surface area contributed by atoms with Crippen molar-refractivity contribution in [3.8, 4) is 0 Å². The molecule has 5 rings (SSSR count). The summed E-state index contributed by atoms with van der Waals surface area (Å²) in [6.45, 7) is 10.4. The number of aromatic nitrogens is 3. The molecule has 6 heteroatoms. The second-order valence-corrected chi connectivity index (χ2v) is 10.2. The van der Waals surface area contributed by atoms with E-state index < -0.39 is 0 Å². The summed E-state index contributed by atoms with van der Waals surface area (Å²) in [7, 11) is 0. The highest BCUT2D eigenvalue weighted by molar-refractivity contribution is 5.94. The van der Waals surface area contributed by atoms with Gasteiger partial charge in [-0.15, -0.1) is 5.10 Å². The molecule has 0 unspecified atom stereocenters. The highest BCUT2D eigenvalue weighted by Crippen LogP contribution is 2.35. The van der Waals surface area contributed by atoms with Crippen molar-refractivity contribution in [2.75, 3.05) is 6.54 Å². The average Bonchev–Trinajstić information content (AvgIpc) is 3.34. The summed E-state index contributed by atoms with van der Waals surface area (Å²) in [5.41, 5.74) is 11.0. The average molecular weight is 495 g/mol. The van der Waals surface area contributed by atoms with Gasteiger partial charge < -0.3 is 9.69 Å². The van der Waals surface area contributed by atoms with E-state index in [0.717, 1.165) is 59.9 Å².